The molecule has 2 atom stereocenters. The van der Waals surface area contributed by atoms with Crippen molar-refractivity contribution in [2.75, 3.05) is 32.0 Å². The van der Waals surface area contributed by atoms with E-state index in [2.05, 4.69) is 28.8 Å². The number of carbonyl (C=O) groups is 3. The number of aromatic amines is 1. The van der Waals surface area contributed by atoms with Crippen molar-refractivity contribution in [3.63, 3.8) is 0 Å². The van der Waals surface area contributed by atoms with Gasteiger partial charge in [0, 0.05) is 43.6 Å². The van der Waals surface area contributed by atoms with Crippen molar-refractivity contribution < 1.29 is 37.9 Å². The van der Waals surface area contributed by atoms with Crippen LogP contribution in [0, 0.1) is 6.92 Å². The molecule has 1 aliphatic rings. The van der Waals surface area contributed by atoms with Crippen LogP contribution in [-0.4, -0.2) is 61.4 Å². The number of carbonyl (C=O) groups excluding carboxylic acids is 3. The van der Waals surface area contributed by atoms with E-state index < -0.39 is 17.8 Å². The molecule has 0 saturated carbocycles. The number of hydrogen-bond acceptors (Lipinski definition) is 4. The van der Waals surface area contributed by atoms with E-state index in [-0.39, 0.29) is 36.7 Å². The molecule has 0 radical (unpaired) electrons. The normalized spacial score (nSPS) is 14.7. The summed E-state index contributed by atoms with van der Waals surface area (Å²) in [6.45, 7) is 14.3. The van der Waals surface area contributed by atoms with Gasteiger partial charge in [0.2, 0.25) is 17.5 Å². The quantitative estimate of drug-likeness (QED) is 0.331. The molecule has 1 saturated heterocycles. The van der Waals surface area contributed by atoms with Gasteiger partial charge in [0.25, 0.3) is 5.91 Å². The summed E-state index contributed by atoms with van der Waals surface area (Å²) in [7, 11) is 1.77. The molecule has 43 heavy (non-hydrogen) atoms. The number of rotatable bonds is 10. The third-order valence-corrected chi connectivity index (χ3v) is 6.50. The molecule has 236 valence electrons. The molecule has 0 bridgehead atoms. The second kappa shape index (κ2) is 18.5. The van der Waals surface area contributed by atoms with E-state index in [4.69, 9.17) is 5.73 Å². The summed E-state index contributed by atoms with van der Waals surface area (Å²) in [6.07, 6.45) is 2.23. The minimum absolute atomic E-state index is 0.0117. The van der Waals surface area contributed by atoms with E-state index >= 15 is 0 Å². The lowest BCUT2D eigenvalue weighted by atomic mass is 10.1. The molecule has 1 aromatic heterocycles. The highest BCUT2D eigenvalue weighted by Gasteiger charge is 2.30. The van der Waals surface area contributed by atoms with Crippen molar-refractivity contribution in [2.45, 2.75) is 58.3 Å². The Morgan fingerprint density at radius 3 is 2.35 bits per heavy atom. The number of pyridine rings is 1. The lowest BCUT2D eigenvalue weighted by molar-refractivity contribution is -0.650. The van der Waals surface area contributed by atoms with E-state index in [1.54, 1.807) is 48.6 Å². The summed E-state index contributed by atoms with van der Waals surface area (Å²) in [5.74, 6) is -0.619. The van der Waals surface area contributed by atoms with Crippen LogP contribution in [0.15, 0.2) is 49.7 Å². The number of likely N-dealkylation sites (N-methyl/N-ethyl adjacent to an activating group) is 1. The van der Waals surface area contributed by atoms with Crippen LogP contribution >= 0.6 is 0 Å². The van der Waals surface area contributed by atoms with Gasteiger partial charge in [-0.3, -0.25) is 14.4 Å². The van der Waals surface area contributed by atoms with Gasteiger partial charge in [-0.1, -0.05) is 50.8 Å². The molecule has 1 aliphatic heterocycles. The number of aryl methyl sites for hydroxylation is 1. The highest BCUT2D eigenvalue weighted by atomic mass is 19.4. The Morgan fingerprint density at radius 2 is 1.84 bits per heavy atom. The Morgan fingerprint density at radius 1 is 1.19 bits per heavy atom. The third kappa shape index (κ3) is 12.8. The number of H-pyrrole nitrogens is 1. The average Bonchev–Trinajstić information content (AvgIpc) is 3.43. The van der Waals surface area contributed by atoms with E-state index in [9.17, 15) is 27.6 Å². The fourth-order valence-electron chi connectivity index (χ4n) is 4.09. The zero-order valence-corrected chi connectivity index (χ0v) is 25.4. The van der Waals surface area contributed by atoms with Gasteiger partial charge >= 0.3 is 6.18 Å². The number of quaternary nitrogens is 1. The van der Waals surface area contributed by atoms with Crippen molar-refractivity contribution in [1.29, 1.82) is 0 Å². The number of anilines is 1. The Labute approximate surface area is 251 Å². The van der Waals surface area contributed by atoms with Gasteiger partial charge in [-0.05, 0) is 31.5 Å². The van der Waals surface area contributed by atoms with Gasteiger partial charge < -0.3 is 26.6 Å². The molecule has 2 unspecified atom stereocenters. The lowest BCUT2D eigenvalue weighted by Crippen LogP contribution is -2.89. The predicted octanol–water partition coefficient (Wildman–Crippen LogP) is 2.78. The van der Waals surface area contributed by atoms with E-state index in [0.717, 1.165) is 35.4 Å². The van der Waals surface area contributed by atoms with Crippen LogP contribution in [0.25, 0.3) is 12.2 Å². The molecule has 3 rings (SSSR count). The molecule has 0 aliphatic carbocycles. The first-order chi connectivity index (χ1) is 20.4. The maximum absolute atomic E-state index is 12.4. The Balaban J connectivity index is 0.000000592. The van der Waals surface area contributed by atoms with Gasteiger partial charge in [-0.25, -0.2) is 4.98 Å². The molecule has 3 amide bonds. The summed E-state index contributed by atoms with van der Waals surface area (Å²) in [6, 6.07) is 6.41. The molecule has 12 heteroatoms. The maximum atomic E-state index is 12.4. The average molecular weight is 607 g/mol. The highest BCUT2D eigenvalue weighted by Crippen LogP contribution is 2.28. The molecule has 0 spiro atoms. The largest absolute Gasteiger partial charge is 0.416 e. The first-order valence-electron chi connectivity index (χ1n) is 14.2. The fourth-order valence-corrected chi connectivity index (χ4v) is 4.09. The van der Waals surface area contributed by atoms with Crippen molar-refractivity contribution in [3.8, 4) is 0 Å². The van der Waals surface area contributed by atoms with Crippen LogP contribution in [0.5, 0.6) is 0 Å². The van der Waals surface area contributed by atoms with E-state index in [0.29, 0.717) is 25.2 Å². The van der Waals surface area contributed by atoms with Crippen LogP contribution < -0.4 is 26.7 Å². The van der Waals surface area contributed by atoms with Crippen molar-refractivity contribution in [3.05, 3.63) is 72.1 Å². The molecule has 9 nitrogen and oxygen atoms in total. The van der Waals surface area contributed by atoms with Gasteiger partial charge in [-0.2, -0.15) is 13.2 Å². The van der Waals surface area contributed by atoms with Gasteiger partial charge in [0.1, 0.15) is 5.69 Å². The number of alkyl halides is 3. The van der Waals surface area contributed by atoms with E-state index in [1.165, 1.54) is 12.1 Å². The summed E-state index contributed by atoms with van der Waals surface area (Å²) in [5, 5.41) is 7.10. The van der Waals surface area contributed by atoms with Crippen molar-refractivity contribution in [1.82, 2.24) is 10.2 Å². The zero-order chi connectivity index (χ0) is 32.6. The van der Waals surface area contributed by atoms with Gasteiger partial charge in [0.05, 0.1) is 19.2 Å². The van der Waals surface area contributed by atoms with Crippen LogP contribution in [0.3, 0.4) is 0 Å². The number of amides is 3. The summed E-state index contributed by atoms with van der Waals surface area (Å²) < 4.78 is 35.8. The van der Waals surface area contributed by atoms with Crippen LogP contribution in [0.4, 0.5) is 18.9 Å². The number of nitrogens with one attached hydrogen (secondary N) is 3. The Kier molecular flexibility index (Phi) is 15.9. The number of likely N-dealkylation sites (tertiary alicyclic amines) is 1. The molecular weight excluding hydrogens is 561 g/mol. The zero-order valence-electron chi connectivity index (χ0n) is 25.4. The number of nitrogens with two attached hydrogens (primary N) is 2. The molecular formula is C31H45F3N6O3+2. The van der Waals surface area contributed by atoms with Crippen molar-refractivity contribution >= 4 is 35.6 Å². The Bertz CT molecular complexity index is 1220. The second-order valence-corrected chi connectivity index (χ2v) is 9.66. The molecule has 1 aromatic carbocycles. The van der Waals surface area contributed by atoms with Gasteiger partial charge in [-0.15, -0.1) is 0 Å². The predicted molar refractivity (Wildman–Crippen MR) is 162 cm³/mol. The SMILES string of the molecule is C=Cc1cc(NC(=O)CNC(=O)C(CCC(=O)N2CCC(N)C2)[NH2+]C)c[nH+]c1C=C.CC.Cc1ccc(C(F)(F)F)cc1. The van der Waals surface area contributed by atoms with Crippen LogP contribution in [-0.2, 0) is 20.6 Å². The van der Waals surface area contributed by atoms with Crippen LogP contribution in [0.2, 0.25) is 0 Å². The number of hydrogen-bond donors (Lipinski definition) is 4. The summed E-state index contributed by atoms with van der Waals surface area (Å²) in [5.41, 5.74) is 8.23. The fraction of sp³-hybridized carbons (Fsp3) is 0.419. The minimum atomic E-state index is -4.21. The monoisotopic (exact) mass is 606 g/mol. The molecule has 2 heterocycles. The highest BCUT2D eigenvalue weighted by molar-refractivity contribution is 5.95. The number of benzene rings is 1. The molecule has 2 aromatic rings. The van der Waals surface area contributed by atoms with Crippen LogP contribution in [0.1, 0.15) is 55.5 Å². The summed E-state index contributed by atoms with van der Waals surface area (Å²) >= 11 is 0. The standard InChI is InChI=1S/C21H30N6O3.C8H7F3.C2H6/c1-4-14-10-16(11-24-17(14)5-2)26-19(28)12-25-21(30)18(23-3)6-7-20(29)27-9-8-15(22)13-27;1-6-2-4-7(5-3-6)8(9,10)11;1-2/h4-5,10-11,15,18,23H,1-2,6-9,12-13,22H2,3H3,(H,25,30)(H,26,28);2-5H,1H3;1-2H3/p+2. The molecule has 1 fully saturated rings. The first kappa shape index (κ1) is 37.0. The number of halogens is 3. The maximum Gasteiger partial charge on any atom is 0.416 e. The van der Waals surface area contributed by atoms with Crippen molar-refractivity contribution in [2.24, 2.45) is 5.73 Å². The smallest absolute Gasteiger partial charge is 0.342 e. The molecule has 7 N–H and O–H groups in total. The Hall–Kier alpha value is -4.03. The van der Waals surface area contributed by atoms with Gasteiger partial charge in [0.15, 0.2) is 12.2 Å². The van der Waals surface area contributed by atoms with E-state index in [1.807, 2.05) is 13.8 Å². The number of nitrogens with zero attached hydrogens (tertiary/aromatic N) is 1. The number of aromatic nitrogens is 1. The topological polar surface area (TPSA) is 135 Å². The third-order valence-electron chi connectivity index (χ3n) is 6.50. The summed E-state index contributed by atoms with van der Waals surface area (Å²) in [4.78, 5) is 41.6. The first-order valence-corrected chi connectivity index (χ1v) is 14.2. The minimum Gasteiger partial charge on any atom is -0.342 e. The lowest BCUT2D eigenvalue weighted by Gasteiger charge is -2.17. The second-order valence-electron chi connectivity index (χ2n) is 9.66.